The predicted molar refractivity (Wildman–Crippen MR) is 85.7 cm³/mol. The van der Waals surface area contributed by atoms with Crippen LogP contribution in [-0.2, 0) is 0 Å². The summed E-state index contributed by atoms with van der Waals surface area (Å²) in [6.07, 6.45) is 0. The van der Waals surface area contributed by atoms with Crippen LogP contribution in [-0.4, -0.2) is 5.91 Å². The van der Waals surface area contributed by atoms with Crippen LogP contribution in [0.5, 0.6) is 0 Å². The predicted octanol–water partition coefficient (Wildman–Crippen LogP) is 4.70. The van der Waals surface area contributed by atoms with E-state index in [-0.39, 0.29) is 11.6 Å². The van der Waals surface area contributed by atoms with Gasteiger partial charge in [-0.05, 0) is 46.3 Å². The topological polar surface area (TPSA) is 55.1 Å². The van der Waals surface area contributed by atoms with E-state index >= 15 is 0 Å². The lowest BCUT2D eigenvalue weighted by Crippen LogP contribution is -2.14. The molecule has 3 N–H and O–H groups in total. The Morgan fingerprint density at radius 3 is 2.68 bits per heavy atom. The zero-order valence-corrected chi connectivity index (χ0v) is 13.5. The lowest BCUT2D eigenvalue weighted by atomic mass is 10.1. The molecule has 2 aromatic rings. The molecule has 98 valence electrons. The third-order valence-corrected chi connectivity index (χ3v) is 3.99. The minimum Gasteiger partial charge on any atom is -0.397 e. The van der Waals surface area contributed by atoms with E-state index in [4.69, 9.17) is 17.3 Å². The minimum absolute atomic E-state index is 0.271. The number of anilines is 2. The Morgan fingerprint density at radius 1 is 1.21 bits per heavy atom. The number of carbonyl (C=O) groups is 1. The zero-order chi connectivity index (χ0) is 14.0. The summed E-state index contributed by atoms with van der Waals surface area (Å²) in [5.74, 6) is -0.307. The van der Waals surface area contributed by atoms with Crippen molar-refractivity contribution < 1.29 is 4.79 Å². The SMILES string of the molecule is Nc1c(Cl)cccc1C(=O)Nc1cc(Br)ccc1Br. The molecule has 0 aliphatic carbocycles. The molecule has 0 fully saturated rings. The number of hydrogen-bond acceptors (Lipinski definition) is 2. The maximum atomic E-state index is 12.2. The second kappa shape index (κ2) is 5.94. The van der Waals surface area contributed by atoms with E-state index in [9.17, 15) is 4.79 Å². The fraction of sp³-hybridized carbons (Fsp3) is 0. The Morgan fingerprint density at radius 2 is 1.95 bits per heavy atom. The van der Waals surface area contributed by atoms with Crippen molar-refractivity contribution in [3.05, 3.63) is 55.9 Å². The molecule has 0 heterocycles. The number of hydrogen-bond donors (Lipinski definition) is 2. The molecule has 1 amide bonds. The van der Waals surface area contributed by atoms with Crippen molar-refractivity contribution in [3.63, 3.8) is 0 Å². The Hall–Kier alpha value is -1.04. The molecule has 0 saturated heterocycles. The summed E-state index contributed by atoms with van der Waals surface area (Å²) in [6, 6.07) is 10.5. The molecule has 0 aliphatic heterocycles. The molecule has 0 spiro atoms. The van der Waals surface area contributed by atoms with Crippen LogP contribution in [0.2, 0.25) is 5.02 Å². The highest BCUT2D eigenvalue weighted by atomic mass is 79.9. The fourth-order valence-corrected chi connectivity index (χ4v) is 2.40. The van der Waals surface area contributed by atoms with Crippen LogP contribution in [0.25, 0.3) is 0 Å². The maximum absolute atomic E-state index is 12.2. The second-order valence-electron chi connectivity index (χ2n) is 3.78. The van der Waals surface area contributed by atoms with Gasteiger partial charge in [0.05, 0.1) is 22.0 Å². The van der Waals surface area contributed by atoms with E-state index in [2.05, 4.69) is 37.2 Å². The molecule has 0 bridgehead atoms. The van der Waals surface area contributed by atoms with Crippen molar-refractivity contribution in [1.82, 2.24) is 0 Å². The molecule has 0 aromatic heterocycles. The summed E-state index contributed by atoms with van der Waals surface area (Å²) in [4.78, 5) is 12.2. The number of para-hydroxylation sites is 1. The van der Waals surface area contributed by atoms with Crippen molar-refractivity contribution in [2.24, 2.45) is 0 Å². The van der Waals surface area contributed by atoms with Gasteiger partial charge in [0.25, 0.3) is 5.91 Å². The number of nitrogens with one attached hydrogen (secondary N) is 1. The van der Waals surface area contributed by atoms with E-state index in [1.807, 2.05) is 12.1 Å². The van der Waals surface area contributed by atoms with Gasteiger partial charge in [0.2, 0.25) is 0 Å². The zero-order valence-electron chi connectivity index (χ0n) is 9.58. The molecule has 2 aromatic carbocycles. The average Bonchev–Trinajstić information content (AvgIpc) is 2.37. The summed E-state index contributed by atoms with van der Waals surface area (Å²) >= 11 is 12.6. The summed E-state index contributed by atoms with van der Waals surface area (Å²) in [5.41, 5.74) is 7.06. The smallest absolute Gasteiger partial charge is 0.257 e. The highest BCUT2D eigenvalue weighted by molar-refractivity contribution is 9.11. The van der Waals surface area contributed by atoms with Crippen LogP contribution in [0.1, 0.15) is 10.4 Å². The number of halogens is 3. The molecule has 3 nitrogen and oxygen atoms in total. The van der Waals surface area contributed by atoms with Gasteiger partial charge >= 0.3 is 0 Å². The quantitative estimate of drug-likeness (QED) is 0.713. The summed E-state index contributed by atoms with van der Waals surface area (Å²) in [7, 11) is 0. The van der Waals surface area contributed by atoms with E-state index in [0.29, 0.717) is 16.3 Å². The normalized spacial score (nSPS) is 10.3. The second-order valence-corrected chi connectivity index (χ2v) is 5.96. The number of carbonyl (C=O) groups excluding carboxylic acids is 1. The van der Waals surface area contributed by atoms with Crippen molar-refractivity contribution in [2.75, 3.05) is 11.1 Å². The van der Waals surface area contributed by atoms with Crippen LogP contribution in [0.15, 0.2) is 45.3 Å². The molecule has 0 aliphatic rings. The number of amides is 1. The Labute approximate surface area is 132 Å². The van der Waals surface area contributed by atoms with Crippen LogP contribution in [0.3, 0.4) is 0 Å². The lowest BCUT2D eigenvalue weighted by Gasteiger charge is -2.10. The van der Waals surface area contributed by atoms with Gasteiger partial charge in [-0.2, -0.15) is 0 Å². The molecule has 0 unspecified atom stereocenters. The lowest BCUT2D eigenvalue weighted by molar-refractivity contribution is 0.102. The first-order chi connectivity index (χ1) is 8.99. The third kappa shape index (κ3) is 3.29. The van der Waals surface area contributed by atoms with Crippen LogP contribution < -0.4 is 11.1 Å². The standard InChI is InChI=1S/C13H9Br2ClN2O/c14-7-4-5-9(15)11(6-7)18-13(19)8-2-1-3-10(16)12(8)17/h1-6H,17H2,(H,18,19). The molecular formula is C13H9Br2ClN2O. The third-order valence-electron chi connectivity index (χ3n) is 2.47. The average molecular weight is 404 g/mol. The molecule has 0 atom stereocenters. The Bertz CT molecular complexity index is 647. The van der Waals surface area contributed by atoms with E-state index < -0.39 is 0 Å². The number of rotatable bonds is 2. The first-order valence-corrected chi connectivity index (χ1v) is 7.26. The summed E-state index contributed by atoms with van der Waals surface area (Å²) < 4.78 is 1.65. The molecule has 0 radical (unpaired) electrons. The Kier molecular flexibility index (Phi) is 4.50. The van der Waals surface area contributed by atoms with Crippen LogP contribution in [0.4, 0.5) is 11.4 Å². The monoisotopic (exact) mass is 402 g/mol. The van der Waals surface area contributed by atoms with Crippen molar-refractivity contribution in [3.8, 4) is 0 Å². The molecular weight excluding hydrogens is 395 g/mol. The van der Waals surface area contributed by atoms with Gasteiger partial charge in [0, 0.05) is 8.95 Å². The molecule has 2 rings (SSSR count). The summed E-state index contributed by atoms with van der Waals surface area (Å²) in [5, 5.41) is 3.14. The minimum atomic E-state index is -0.307. The van der Waals surface area contributed by atoms with Gasteiger partial charge in [0.15, 0.2) is 0 Å². The van der Waals surface area contributed by atoms with Crippen LogP contribution in [0, 0.1) is 0 Å². The van der Waals surface area contributed by atoms with Gasteiger partial charge < -0.3 is 11.1 Å². The molecule has 6 heteroatoms. The first kappa shape index (κ1) is 14.4. The molecule has 0 saturated carbocycles. The largest absolute Gasteiger partial charge is 0.397 e. The van der Waals surface area contributed by atoms with Crippen molar-refractivity contribution >= 4 is 60.7 Å². The van der Waals surface area contributed by atoms with Crippen LogP contribution >= 0.6 is 43.5 Å². The fourth-order valence-electron chi connectivity index (χ4n) is 1.52. The van der Waals surface area contributed by atoms with E-state index in [1.54, 1.807) is 24.3 Å². The molecule has 19 heavy (non-hydrogen) atoms. The summed E-state index contributed by atoms with van der Waals surface area (Å²) in [6.45, 7) is 0. The first-order valence-electron chi connectivity index (χ1n) is 5.29. The van der Waals surface area contributed by atoms with Gasteiger partial charge in [-0.1, -0.05) is 33.6 Å². The number of nitrogens with two attached hydrogens (primary N) is 1. The highest BCUT2D eigenvalue weighted by Gasteiger charge is 2.13. The number of nitrogen functional groups attached to an aromatic ring is 1. The van der Waals surface area contributed by atoms with Gasteiger partial charge in [-0.15, -0.1) is 0 Å². The van der Waals surface area contributed by atoms with E-state index in [0.717, 1.165) is 8.95 Å². The maximum Gasteiger partial charge on any atom is 0.257 e. The van der Waals surface area contributed by atoms with Gasteiger partial charge in [-0.25, -0.2) is 0 Å². The van der Waals surface area contributed by atoms with Gasteiger partial charge in [-0.3, -0.25) is 4.79 Å². The van der Waals surface area contributed by atoms with Gasteiger partial charge in [0.1, 0.15) is 0 Å². The number of benzene rings is 2. The Balaban J connectivity index is 2.31. The van der Waals surface area contributed by atoms with Crippen molar-refractivity contribution in [1.29, 1.82) is 0 Å². The highest BCUT2D eigenvalue weighted by Crippen LogP contribution is 2.28. The van der Waals surface area contributed by atoms with Crippen molar-refractivity contribution in [2.45, 2.75) is 0 Å². The van der Waals surface area contributed by atoms with E-state index in [1.165, 1.54) is 0 Å².